The van der Waals surface area contributed by atoms with E-state index in [1.54, 1.807) is 25.4 Å². The summed E-state index contributed by atoms with van der Waals surface area (Å²) in [5, 5.41) is 3.54. The van der Waals surface area contributed by atoms with Gasteiger partial charge in [0.2, 0.25) is 0 Å². The number of amides is 1. The monoisotopic (exact) mass is 483 g/mol. The van der Waals surface area contributed by atoms with Crippen molar-refractivity contribution in [1.82, 2.24) is 9.97 Å². The summed E-state index contributed by atoms with van der Waals surface area (Å²) in [6.07, 6.45) is 3.32. The van der Waals surface area contributed by atoms with Gasteiger partial charge in [-0.1, -0.05) is 15.9 Å². The molecule has 4 rings (SSSR count). The average molecular weight is 484 g/mol. The molecule has 0 saturated carbocycles. The second kappa shape index (κ2) is 8.77. The zero-order valence-corrected chi connectivity index (χ0v) is 17.9. The lowest BCUT2D eigenvalue weighted by Gasteiger charge is -2.13. The van der Waals surface area contributed by atoms with Crippen LogP contribution in [0.15, 0.2) is 71.5 Å². The average Bonchev–Trinajstić information content (AvgIpc) is 2.75. The van der Waals surface area contributed by atoms with Gasteiger partial charge in [0.25, 0.3) is 5.91 Å². The molecule has 0 spiro atoms. The zero-order valence-electron chi connectivity index (χ0n) is 16.3. The molecule has 2 heterocycles. The number of alkyl halides is 2. The van der Waals surface area contributed by atoms with Crippen molar-refractivity contribution in [3.05, 3.63) is 82.6 Å². The number of aryl methyl sites for hydroxylation is 1. The smallest absolute Gasteiger partial charge is 0.387 e. The number of carbonyl (C=O) groups is 1. The van der Waals surface area contributed by atoms with Crippen molar-refractivity contribution >= 4 is 38.4 Å². The Bertz CT molecular complexity index is 1270. The molecule has 0 aliphatic heterocycles. The number of benzene rings is 2. The van der Waals surface area contributed by atoms with Crippen molar-refractivity contribution in [3.8, 4) is 17.0 Å². The molecule has 0 aliphatic rings. The quantitative estimate of drug-likeness (QED) is 0.365. The number of pyridine rings is 2. The molecule has 8 heteroatoms. The van der Waals surface area contributed by atoms with E-state index in [-0.39, 0.29) is 11.7 Å². The van der Waals surface area contributed by atoms with Crippen LogP contribution in [-0.4, -0.2) is 22.5 Å². The second-order valence-electron chi connectivity index (χ2n) is 6.76. The van der Waals surface area contributed by atoms with Crippen LogP contribution in [0.5, 0.6) is 5.75 Å². The number of hydrogen-bond donors (Lipinski definition) is 1. The predicted octanol–water partition coefficient (Wildman–Crippen LogP) is 6.22. The summed E-state index contributed by atoms with van der Waals surface area (Å²) in [4.78, 5) is 21.9. The first kappa shape index (κ1) is 20.9. The van der Waals surface area contributed by atoms with Crippen molar-refractivity contribution in [3.63, 3.8) is 0 Å². The van der Waals surface area contributed by atoms with Gasteiger partial charge in [-0.05, 0) is 67.1 Å². The molecule has 2 aromatic heterocycles. The van der Waals surface area contributed by atoms with Crippen molar-refractivity contribution in [1.29, 1.82) is 0 Å². The predicted molar refractivity (Wildman–Crippen MR) is 118 cm³/mol. The molecule has 0 radical (unpaired) electrons. The van der Waals surface area contributed by atoms with Crippen molar-refractivity contribution in [2.75, 3.05) is 5.32 Å². The fourth-order valence-electron chi connectivity index (χ4n) is 3.20. The van der Waals surface area contributed by atoms with Gasteiger partial charge in [-0.15, -0.1) is 0 Å². The van der Waals surface area contributed by atoms with Gasteiger partial charge in [0.1, 0.15) is 5.75 Å². The minimum Gasteiger partial charge on any atom is -0.435 e. The lowest BCUT2D eigenvalue weighted by molar-refractivity contribution is -0.0498. The van der Waals surface area contributed by atoms with Crippen molar-refractivity contribution in [2.24, 2.45) is 0 Å². The van der Waals surface area contributed by atoms with E-state index in [0.717, 1.165) is 10.0 Å². The number of aromatic nitrogens is 2. The van der Waals surface area contributed by atoms with E-state index in [1.165, 1.54) is 18.2 Å². The number of fused-ring (bicyclic) bond motifs is 1. The molecule has 1 amide bonds. The Morgan fingerprint density at radius 3 is 2.55 bits per heavy atom. The van der Waals surface area contributed by atoms with E-state index in [1.807, 2.05) is 30.3 Å². The van der Waals surface area contributed by atoms with Crippen LogP contribution in [0.3, 0.4) is 0 Å². The van der Waals surface area contributed by atoms with Gasteiger partial charge in [0.05, 0.1) is 16.8 Å². The van der Waals surface area contributed by atoms with E-state index >= 15 is 0 Å². The Labute approximate surface area is 185 Å². The number of halogens is 3. The van der Waals surface area contributed by atoms with Crippen molar-refractivity contribution in [2.45, 2.75) is 13.5 Å². The Morgan fingerprint density at radius 2 is 1.84 bits per heavy atom. The Hall–Kier alpha value is -3.39. The number of carbonyl (C=O) groups excluding carboxylic acids is 1. The van der Waals surface area contributed by atoms with Crippen LogP contribution < -0.4 is 10.1 Å². The van der Waals surface area contributed by atoms with E-state index in [9.17, 15) is 13.6 Å². The van der Waals surface area contributed by atoms with Gasteiger partial charge < -0.3 is 10.1 Å². The summed E-state index contributed by atoms with van der Waals surface area (Å²) < 4.78 is 30.1. The Morgan fingerprint density at radius 1 is 1.06 bits per heavy atom. The summed E-state index contributed by atoms with van der Waals surface area (Å²) in [5.74, 6) is -0.310. The summed E-state index contributed by atoms with van der Waals surface area (Å²) in [6, 6.07) is 15.3. The van der Waals surface area contributed by atoms with Crippen LogP contribution in [0.4, 0.5) is 14.5 Å². The third-order valence-corrected chi connectivity index (χ3v) is 5.16. The fourth-order valence-corrected chi connectivity index (χ4v) is 3.56. The van der Waals surface area contributed by atoms with Gasteiger partial charge in [-0.3, -0.25) is 9.78 Å². The summed E-state index contributed by atoms with van der Waals surface area (Å²) in [7, 11) is 0. The van der Waals surface area contributed by atoms with Gasteiger partial charge in [-0.25, -0.2) is 4.98 Å². The maximum absolute atomic E-state index is 13.2. The third kappa shape index (κ3) is 4.69. The highest BCUT2D eigenvalue weighted by Crippen LogP contribution is 2.29. The Kier molecular flexibility index (Phi) is 5.90. The fraction of sp³-hybridized carbons (Fsp3) is 0.0870. The number of nitrogens with one attached hydrogen (secondary N) is 1. The minimum atomic E-state index is -2.91. The SMILES string of the molecule is Cc1cc(OC(F)F)ccc1NC(=O)c1cc(-c2ccncc2)nc2ccc(Br)cc12. The molecule has 0 atom stereocenters. The maximum atomic E-state index is 13.2. The minimum absolute atomic E-state index is 0.0313. The molecule has 1 N–H and O–H groups in total. The number of hydrogen-bond acceptors (Lipinski definition) is 4. The van der Waals surface area contributed by atoms with Gasteiger partial charge in [0, 0.05) is 33.5 Å². The van der Waals surface area contributed by atoms with Gasteiger partial charge >= 0.3 is 6.61 Å². The topological polar surface area (TPSA) is 64.1 Å². The second-order valence-corrected chi connectivity index (χ2v) is 7.68. The highest BCUT2D eigenvalue weighted by molar-refractivity contribution is 9.10. The molecule has 0 bridgehead atoms. The number of nitrogens with zero attached hydrogens (tertiary/aromatic N) is 2. The molecule has 0 fully saturated rings. The summed E-state index contributed by atoms with van der Waals surface area (Å²) in [6.45, 7) is -1.20. The molecule has 4 aromatic rings. The standard InChI is InChI=1S/C23H16BrF2N3O2/c1-13-10-16(31-23(25)26)3-5-19(13)29-22(30)18-12-21(14-6-8-27-9-7-14)28-20-4-2-15(24)11-17(18)20/h2-12,23H,1H3,(H,29,30). The lowest BCUT2D eigenvalue weighted by Crippen LogP contribution is -2.14. The highest BCUT2D eigenvalue weighted by atomic mass is 79.9. The first-order valence-corrected chi connectivity index (χ1v) is 10.1. The maximum Gasteiger partial charge on any atom is 0.387 e. The van der Waals surface area contributed by atoms with Crippen LogP contribution in [0.2, 0.25) is 0 Å². The van der Waals surface area contributed by atoms with Gasteiger partial charge in [0.15, 0.2) is 0 Å². The first-order valence-electron chi connectivity index (χ1n) is 9.28. The van der Waals surface area contributed by atoms with Crippen LogP contribution in [0.1, 0.15) is 15.9 Å². The number of ether oxygens (including phenoxy) is 1. The summed E-state index contributed by atoms with van der Waals surface area (Å²) >= 11 is 3.44. The van der Waals surface area contributed by atoms with Gasteiger partial charge in [-0.2, -0.15) is 8.78 Å². The molecule has 0 saturated heterocycles. The van der Waals surface area contributed by atoms with Crippen LogP contribution in [0, 0.1) is 6.92 Å². The molecule has 5 nitrogen and oxygen atoms in total. The van der Waals surface area contributed by atoms with E-state index in [2.05, 4.69) is 36.0 Å². The number of anilines is 1. The third-order valence-electron chi connectivity index (χ3n) is 4.66. The molecule has 0 unspecified atom stereocenters. The summed E-state index contributed by atoms with van der Waals surface area (Å²) in [5.41, 5.74) is 3.67. The zero-order chi connectivity index (χ0) is 22.0. The molecule has 156 valence electrons. The molecule has 2 aromatic carbocycles. The first-order chi connectivity index (χ1) is 14.9. The van der Waals surface area contributed by atoms with E-state index < -0.39 is 6.61 Å². The molecular formula is C23H16BrF2N3O2. The van der Waals surface area contributed by atoms with Crippen LogP contribution in [0.25, 0.3) is 22.2 Å². The van der Waals surface area contributed by atoms with Crippen LogP contribution in [-0.2, 0) is 0 Å². The molecular weight excluding hydrogens is 468 g/mol. The molecule has 0 aliphatic carbocycles. The molecule has 31 heavy (non-hydrogen) atoms. The van der Waals surface area contributed by atoms with Crippen molar-refractivity contribution < 1.29 is 18.3 Å². The largest absolute Gasteiger partial charge is 0.435 e. The van der Waals surface area contributed by atoms with E-state index in [4.69, 9.17) is 0 Å². The number of rotatable bonds is 5. The van der Waals surface area contributed by atoms with Crippen LogP contribution >= 0.6 is 15.9 Å². The van der Waals surface area contributed by atoms with E-state index in [0.29, 0.717) is 33.4 Å². The lowest BCUT2D eigenvalue weighted by atomic mass is 10.0. The normalized spacial score (nSPS) is 11.0. The Balaban J connectivity index is 1.74. The highest BCUT2D eigenvalue weighted by Gasteiger charge is 2.16.